The molecule has 1 heterocycles. The molecule has 0 unspecified atom stereocenters. The predicted octanol–water partition coefficient (Wildman–Crippen LogP) is 3.69. The van der Waals surface area contributed by atoms with Gasteiger partial charge in [-0.3, -0.25) is 4.98 Å². The maximum atomic E-state index is 12.1. The summed E-state index contributed by atoms with van der Waals surface area (Å²) in [6.45, 7) is 0. The molecule has 3 rings (SSSR count). The van der Waals surface area contributed by atoms with Gasteiger partial charge in [0.2, 0.25) is 0 Å². The van der Waals surface area contributed by atoms with Crippen LogP contribution >= 0.6 is 0 Å². The van der Waals surface area contributed by atoms with Gasteiger partial charge >= 0.3 is 5.97 Å². The van der Waals surface area contributed by atoms with Gasteiger partial charge in [0.15, 0.2) is 0 Å². The number of carbonyl (C=O) groups excluding carboxylic acids is 1. The average Bonchev–Trinajstić information content (AvgIpc) is 2.64. The lowest BCUT2D eigenvalue weighted by Crippen LogP contribution is -2.09. The zero-order chi connectivity index (χ0) is 15.9. The van der Waals surface area contributed by atoms with Gasteiger partial charge in [0, 0.05) is 11.8 Å². The number of carbonyl (C=O) groups is 1. The van der Waals surface area contributed by atoms with Crippen LogP contribution in [0.4, 0.5) is 0 Å². The topological polar surface area (TPSA) is 51.5 Å². The van der Waals surface area contributed by atoms with E-state index in [0.717, 1.165) is 5.56 Å². The summed E-state index contributed by atoms with van der Waals surface area (Å²) >= 11 is 0. The van der Waals surface area contributed by atoms with Crippen LogP contribution in [0.25, 0.3) is 0 Å². The van der Waals surface area contributed by atoms with Crippen LogP contribution in [0.1, 0.15) is 21.6 Å². The van der Waals surface area contributed by atoms with Crippen LogP contribution in [-0.2, 0) is 4.84 Å². The molecule has 23 heavy (non-hydrogen) atoms. The van der Waals surface area contributed by atoms with E-state index < -0.39 is 5.97 Å². The highest BCUT2D eigenvalue weighted by Gasteiger charge is 2.11. The molecule has 3 aromatic rings. The van der Waals surface area contributed by atoms with Gasteiger partial charge < -0.3 is 4.84 Å². The molecule has 2 aromatic carbocycles. The molecule has 1 aromatic heterocycles. The van der Waals surface area contributed by atoms with Crippen LogP contribution in [0.15, 0.2) is 90.2 Å². The molecule has 112 valence electrons. The minimum absolute atomic E-state index is 0.449. The van der Waals surface area contributed by atoms with Crippen molar-refractivity contribution in [3.05, 3.63) is 102 Å². The largest absolute Gasteiger partial charge is 0.365 e. The summed E-state index contributed by atoms with van der Waals surface area (Å²) < 4.78 is 0. The van der Waals surface area contributed by atoms with E-state index in [1.165, 1.54) is 0 Å². The highest BCUT2D eigenvalue weighted by Crippen LogP contribution is 2.10. The molecule has 0 bridgehead atoms. The molecule has 0 amide bonds. The Kier molecular flexibility index (Phi) is 4.55. The van der Waals surface area contributed by atoms with Gasteiger partial charge in [-0.25, -0.2) is 4.79 Å². The second-order valence-electron chi connectivity index (χ2n) is 4.77. The molecule has 0 radical (unpaired) electrons. The van der Waals surface area contributed by atoms with Crippen molar-refractivity contribution in [2.24, 2.45) is 5.16 Å². The van der Waals surface area contributed by atoms with Crippen molar-refractivity contribution in [1.29, 1.82) is 0 Å². The lowest BCUT2D eigenvalue weighted by molar-refractivity contribution is 0.0517. The second-order valence-corrected chi connectivity index (χ2v) is 4.77. The molecule has 0 aliphatic rings. The van der Waals surface area contributed by atoms with E-state index in [-0.39, 0.29) is 0 Å². The number of benzene rings is 2. The van der Waals surface area contributed by atoms with Crippen molar-refractivity contribution in [2.45, 2.75) is 0 Å². The first-order valence-corrected chi connectivity index (χ1v) is 7.16. The summed E-state index contributed by atoms with van der Waals surface area (Å²) in [5.41, 5.74) is 2.42. The summed E-state index contributed by atoms with van der Waals surface area (Å²) in [6, 6.07) is 23.7. The maximum Gasteiger partial charge on any atom is 0.365 e. The monoisotopic (exact) mass is 302 g/mol. The Morgan fingerprint density at radius 1 is 0.783 bits per heavy atom. The van der Waals surface area contributed by atoms with E-state index in [1.54, 1.807) is 30.5 Å². The van der Waals surface area contributed by atoms with Gasteiger partial charge in [0.25, 0.3) is 0 Å². The zero-order valence-corrected chi connectivity index (χ0v) is 12.3. The fourth-order valence-electron chi connectivity index (χ4n) is 2.06. The van der Waals surface area contributed by atoms with E-state index >= 15 is 0 Å². The fourth-order valence-corrected chi connectivity index (χ4v) is 2.06. The van der Waals surface area contributed by atoms with Crippen LogP contribution in [-0.4, -0.2) is 16.7 Å². The Balaban J connectivity index is 1.91. The molecule has 0 fully saturated rings. The lowest BCUT2D eigenvalue weighted by Gasteiger charge is -2.05. The number of aromatic nitrogens is 1. The van der Waals surface area contributed by atoms with Crippen LogP contribution in [0, 0.1) is 0 Å². The van der Waals surface area contributed by atoms with Crippen LogP contribution in [0.5, 0.6) is 0 Å². The van der Waals surface area contributed by atoms with Crippen molar-refractivity contribution in [3.63, 3.8) is 0 Å². The van der Waals surface area contributed by atoms with E-state index in [0.29, 0.717) is 17.0 Å². The van der Waals surface area contributed by atoms with Gasteiger partial charge in [-0.15, -0.1) is 0 Å². The van der Waals surface area contributed by atoms with Crippen molar-refractivity contribution < 1.29 is 9.63 Å². The van der Waals surface area contributed by atoms with Gasteiger partial charge in [0.1, 0.15) is 5.71 Å². The molecule has 0 aliphatic carbocycles. The summed E-state index contributed by atoms with van der Waals surface area (Å²) in [6.07, 6.45) is 1.67. The van der Waals surface area contributed by atoms with Gasteiger partial charge in [-0.2, -0.15) is 0 Å². The highest BCUT2D eigenvalue weighted by molar-refractivity contribution is 6.11. The Bertz CT molecular complexity index is 759. The van der Waals surface area contributed by atoms with Crippen molar-refractivity contribution in [2.75, 3.05) is 0 Å². The second kappa shape index (κ2) is 7.13. The number of rotatable bonds is 4. The molecular weight excluding hydrogens is 288 g/mol. The summed E-state index contributed by atoms with van der Waals surface area (Å²) in [5.74, 6) is -0.505. The van der Waals surface area contributed by atoms with E-state index in [9.17, 15) is 4.79 Å². The number of nitrogens with zero attached hydrogens (tertiary/aromatic N) is 2. The molecule has 0 N–H and O–H groups in total. The summed E-state index contributed by atoms with van der Waals surface area (Å²) in [5, 5.41) is 4.05. The summed E-state index contributed by atoms with van der Waals surface area (Å²) in [7, 11) is 0. The quantitative estimate of drug-likeness (QED) is 0.419. The normalized spacial score (nSPS) is 11.0. The number of oxime groups is 1. The molecule has 0 aliphatic heterocycles. The average molecular weight is 302 g/mol. The molecular formula is C19H14N2O2. The van der Waals surface area contributed by atoms with Gasteiger partial charge in [0.05, 0.1) is 11.3 Å². The number of pyridine rings is 1. The van der Waals surface area contributed by atoms with Crippen LogP contribution in [0.3, 0.4) is 0 Å². The Morgan fingerprint density at radius 3 is 2.00 bits per heavy atom. The zero-order valence-electron chi connectivity index (χ0n) is 12.3. The molecule has 0 saturated heterocycles. The maximum absolute atomic E-state index is 12.1. The van der Waals surface area contributed by atoms with Gasteiger partial charge in [-0.1, -0.05) is 59.8 Å². The third kappa shape index (κ3) is 3.68. The third-order valence-electron chi connectivity index (χ3n) is 3.18. The van der Waals surface area contributed by atoms with Crippen LogP contribution < -0.4 is 0 Å². The minimum atomic E-state index is -0.505. The summed E-state index contributed by atoms with van der Waals surface area (Å²) in [4.78, 5) is 21.5. The first-order valence-electron chi connectivity index (χ1n) is 7.16. The van der Waals surface area contributed by atoms with Gasteiger partial charge in [-0.05, 0) is 24.3 Å². The van der Waals surface area contributed by atoms with Crippen LogP contribution in [0.2, 0.25) is 0 Å². The SMILES string of the molecule is O=C(O/N=C(\c1ccccc1)c1ccccn1)c1ccccc1. The molecule has 0 spiro atoms. The van der Waals surface area contributed by atoms with E-state index in [2.05, 4.69) is 10.1 Å². The molecule has 0 atom stereocenters. The number of hydrogen-bond acceptors (Lipinski definition) is 4. The standard InChI is InChI=1S/C19H14N2O2/c22-19(16-11-5-2-6-12-16)23-21-18(15-9-3-1-4-10-15)17-13-7-8-14-20-17/h1-14H/b21-18+. The Labute approximate surface area is 134 Å². The fraction of sp³-hybridized carbons (Fsp3) is 0. The highest BCUT2D eigenvalue weighted by atomic mass is 16.7. The van der Waals surface area contributed by atoms with E-state index in [4.69, 9.17) is 4.84 Å². The minimum Gasteiger partial charge on any atom is -0.312 e. The first kappa shape index (κ1) is 14.7. The lowest BCUT2D eigenvalue weighted by atomic mass is 10.1. The van der Waals surface area contributed by atoms with Crippen molar-refractivity contribution in [1.82, 2.24) is 4.98 Å². The molecule has 4 nitrogen and oxygen atoms in total. The smallest absolute Gasteiger partial charge is 0.312 e. The third-order valence-corrected chi connectivity index (χ3v) is 3.18. The Hall–Kier alpha value is -3.27. The Morgan fingerprint density at radius 2 is 1.39 bits per heavy atom. The van der Waals surface area contributed by atoms with Crippen molar-refractivity contribution >= 4 is 11.7 Å². The predicted molar refractivity (Wildman–Crippen MR) is 88.2 cm³/mol. The first-order chi connectivity index (χ1) is 11.3. The van der Waals surface area contributed by atoms with E-state index in [1.807, 2.05) is 54.6 Å². The molecule has 0 saturated carbocycles. The molecule has 4 heteroatoms. The number of hydrogen-bond donors (Lipinski definition) is 0. The van der Waals surface area contributed by atoms with Crippen molar-refractivity contribution in [3.8, 4) is 0 Å².